The number of likely N-dealkylation sites (tertiary alicyclic amines) is 1. The Morgan fingerprint density at radius 2 is 1.71 bits per heavy atom. The highest BCUT2D eigenvalue weighted by Gasteiger charge is 2.33. The van der Waals surface area contributed by atoms with Gasteiger partial charge in [0.15, 0.2) is 11.6 Å². The molecule has 2 aromatic carbocycles. The molecule has 4 aliphatic rings. The Kier molecular flexibility index (Phi) is 10.8. The predicted molar refractivity (Wildman–Crippen MR) is 206 cm³/mol. The van der Waals surface area contributed by atoms with Crippen molar-refractivity contribution in [3.8, 4) is 5.75 Å². The summed E-state index contributed by atoms with van der Waals surface area (Å²) in [6, 6.07) is 13.5. The van der Waals surface area contributed by atoms with Crippen LogP contribution in [0.2, 0.25) is 0 Å². The van der Waals surface area contributed by atoms with Crippen LogP contribution in [0, 0.1) is 0 Å². The number of rotatable bonds is 11. The van der Waals surface area contributed by atoms with Gasteiger partial charge in [-0.2, -0.15) is 18.2 Å². The fourth-order valence-corrected chi connectivity index (χ4v) is 10.0. The lowest BCUT2D eigenvalue weighted by Crippen LogP contribution is -2.49. The standard InChI is InChI=1S/C38H46F2N10O5S/c1-46-33-20-26(7-8-32(33)35(45-46)50-19-13-34(51)44-38(50)52)25-9-15-47(16-10-25)24-29-5-3-14-49(29)28-4-2-6-31(21-28)56(53,54)48-17-11-27(12-18-48)43-37-41-22-30(23-42-37)55-36(39)40/h2,4,6-8,20-23,25,27,29,36H,3,5,9-19,24H2,1H3,(H,41,42,43)(H,44,51,52)/t29-/m0/s1. The molecule has 0 radical (unpaired) electrons. The second-order valence-electron chi connectivity index (χ2n) is 15.0. The summed E-state index contributed by atoms with van der Waals surface area (Å²) in [6.07, 6.45) is 7.83. The van der Waals surface area contributed by atoms with E-state index in [2.05, 4.69) is 52.4 Å². The number of urea groups is 1. The molecule has 4 aromatic rings. The zero-order valence-corrected chi connectivity index (χ0v) is 32.0. The van der Waals surface area contributed by atoms with E-state index in [9.17, 15) is 26.8 Å². The number of aromatic nitrogens is 4. The molecule has 3 amide bonds. The number of sulfonamides is 1. The van der Waals surface area contributed by atoms with Crippen molar-refractivity contribution in [3.63, 3.8) is 0 Å². The number of hydrogen-bond donors (Lipinski definition) is 2. The average molecular weight is 793 g/mol. The van der Waals surface area contributed by atoms with Crippen LogP contribution in [-0.2, 0) is 21.9 Å². The number of hydrogen-bond acceptors (Lipinski definition) is 11. The lowest BCUT2D eigenvalue weighted by atomic mass is 9.88. The van der Waals surface area contributed by atoms with E-state index in [4.69, 9.17) is 0 Å². The van der Waals surface area contributed by atoms with E-state index in [0.717, 1.165) is 68.5 Å². The number of carbonyl (C=O) groups excluding carboxylic acids is 2. The molecule has 0 saturated carbocycles. The molecule has 18 heteroatoms. The molecular formula is C38H46F2N10O5S. The van der Waals surface area contributed by atoms with Gasteiger partial charge < -0.3 is 19.9 Å². The summed E-state index contributed by atoms with van der Waals surface area (Å²) in [4.78, 5) is 39.0. The molecule has 4 fully saturated rings. The molecule has 6 heterocycles. The third kappa shape index (κ3) is 7.99. The van der Waals surface area contributed by atoms with Crippen LogP contribution in [0.4, 0.5) is 31.0 Å². The highest BCUT2D eigenvalue weighted by molar-refractivity contribution is 7.89. The van der Waals surface area contributed by atoms with E-state index in [1.807, 2.05) is 31.3 Å². The van der Waals surface area contributed by atoms with E-state index >= 15 is 0 Å². The summed E-state index contributed by atoms with van der Waals surface area (Å²) in [5.74, 6) is 0.844. The summed E-state index contributed by atoms with van der Waals surface area (Å²) in [6.45, 7) is 1.74. The maximum atomic E-state index is 13.8. The Bertz CT molecular complexity index is 2170. The first-order chi connectivity index (χ1) is 27.0. The quantitative estimate of drug-likeness (QED) is 0.220. The van der Waals surface area contributed by atoms with E-state index in [1.165, 1.54) is 27.2 Å². The van der Waals surface area contributed by atoms with E-state index in [-0.39, 0.29) is 41.0 Å². The number of anilines is 3. The van der Waals surface area contributed by atoms with Crippen LogP contribution in [-0.4, -0.2) is 114 Å². The molecule has 2 aromatic heterocycles. The third-order valence-electron chi connectivity index (χ3n) is 11.5. The number of carbonyl (C=O) groups is 2. The van der Waals surface area contributed by atoms with Crippen molar-refractivity contribution < 1.29 is 31.5 Å². The molecule has 15 nitrogen and oxygen atoms in total. The van der Waals surface area contributed by atoms with Gasteiger partial charge in [0.1, 0.15) is 0 Å². The molecule has 0 aliphatic carbocycles. The molecule has 56 heavy (non-hydrogen) atoms. The molecule has 4 saturated heterocycles. The monoisotopic (exact) mass is 792 g/mol. The van der Waals surface area contributed by atoms with Gasteiger partial charge in [-0.25, -0.2) is 23.2 Å². The van der Waals surface area contributed by atoms with Crippen LogP contribution in [0.3, 0.4) is 0 Å². The zero-order valence-electron chi connectivity index (χ0n) is 31.2. The normalized spacial score (nSPS) is 21.0. The smallest absolute Gasteiger partial charge is 0.387 e. The minimum Gasteiger partial charge on any atom is -0.432 e. The summed E-state index contributed by atoms with van der Waals surface area (Å²) >= 11 is 0. The summed E-state index contributed by atoms with van der Waals surface area (Å²) in [5.41, 5.74) is 3.14. The molecular weight excluding hydrogens is 747 g/mol. The van der Waals surface area contributed by atoms with Crippen molar-refractivity contribution in [1.82, 2.24) is 34.3 Å². The van der Waals surface area contributed by atoms with Gasteiger partial charge in [-0.3, -0.25) is 19.7 Å². The van der Waals surface area contributed by atoms with Gasteiger partial charge in [-0.05, 0) is 93.4 Å². The van der Waals surface area contributed by atoms with Crippen molar-refractivity contribution in [1.29, 1.82) is 0 Å². The number of piperidine rings is 2. The highest BCUT2D eigenvalue weighted by atomic mass is 32.2. The number of alkyl halides is 2. The number of aryl methyl sites for hydroxylation is 1. The molecule has 0 spiro atoms. The number of benzene rings is 2. The Hall–Kier alpha value is -4.94. The van der Waals surface area contributed by atoms with Gasteiger partial charge in [0, 0.05) is 69.3 Å². The van der Waals surface area contributed by atoms with Crippen molar-refractivity contribution in [3.05, 3.63) is 60.4 Å². The minimum atomic E-state index is -3.72. The van der Waals surface area contributed by atoms with Gasteiger partial charge in [0.05, 0.1) is 22.8 Å². The van der Waals surface area contributed by atoms with Crippen LogP contribution < -0.4 is 25.2 Å². The Balaban J connectivity index is 0.852. The van der Waals surface area contributed by atoms with Crippen molar-refractivity contribution in [2.24, 2.45) is 7.05 Å². The first-order valence-corrected chi connectivity index (χ1v) is 20.7. The van der Waals surface area contributed by atoms with Crippen LogP contribution in [0.15, 0.2) is 59.8 Å². The predicted octanol–water partition coefficient (Wildman–Crippen LogP) is 4.52. The molecule has 8 rings (SSSR count). The van der Waals surface area contributed by atoms with E-state index in [0.29, 0.717) is 44.2 Å². The SMILES string of the molecule is Cn1nc(N2CCC(=O)NC2=O)c2ccc(C3CCN(C[C@@H]4CCCN4c4cccc(S(=O)(=O)N5CCC(Nc6ncc(OC(F)F)cn6)CC5)c4)CC3)cc21. The zero-order chi connectivity index (χ0) is 39.0. The topological polar surface area (TPSA) is 158 Å². The van der Waals surface area contributed by atoms with Crippen LogP contribution >= 0.6 is 0 Å². The lowest BCUT2D eigenvalue weighted by molar-refractivity contribution is -0.120. The van der Waals surface area contributed by atoms with Gasteiger partial charge in [-0.15, -0.1) is 0 Å². The van der Waals surface area contributed by atoms with Crippen LogP contribution in [0.5, 0.6) is 5.75 Å². The first-order valence-electron chi connectivity index (χ1n) is 19.2. The maximum Gasteiger partial charge on any atom is 0.387 e. The number of ether oxygens (including phenoxy) is 1. The molecule has 0 bridgehead atoms. The van der Waals surface area contributed by atoms with Gasteiger partial charge in [0.2, 0.25) is 21.9 Å². The Morgan fingerprint density at radius 1 is 0.946 bits per heavy atom. The largest absolute Gasteiger partial charge is 0.432 e. The summed E-state index contributed by atoms with van der Waals surface area (Å²) in [5, 5.41) is 11.1. The molecule has 2 N–H and O–H groups in total. The van der Waals surface area contributed by atoms with Crippen LogP contribution in [0.1, 0.15) is 56.4 Å². The second kappa shape index (κ2) is 15.9. The number of nitrogens with one attached hydrogen (secondary N) is 2. The summed E-state index contributed by atoms with van der Waals surface area (Å²) in [7, 11) is -1.84. The first kappa shape index (κ1) is 38.0. The Morgan fingerprint density at radius 3 is 2.45 bits per heavy atom. The van der Waals surface area contributed by atoms with E-state index in [1.54, 1.807) is 10.7 Å². The number of amides is 3. The fraction of sp³-hybridized carbons (Fsp3) is 0.500. The maximum absolute atomic E-state index is 13.8. The fourth-order valence-electron chi connectivity index (χ4n) is 8.54. The van der Waals surface area contributed by atoms with Gasteiger partial charge in [0.25, 0.3) is 0 Å². The minimum absolute atomic E-state index is 0.0618. The number of nitrogens with zero attached hydrogens (tertiary/aromatic N) is 8. The third-order valence-corrected chi connectivity index (χ3v) is 13.4. The average Bonchev–Trinajstić information content (AvgIpc) is 3.79. The number of imide groups is 1. The van der Waals surface area contributed by atoms with Crippen molar-refractivity contribution in [2.45, 2.75) is 74.5 Å². The molecule has 1 atom stereocenters. The van der Waals surface area contributed by atoms with Crippen molar-refractivity contribution in [2.75, 3.05) is 60.9 Å². The van der Waals surface area contributed by atoms with Crippen molar-refractivity contribution >= 4 is 50.3 Å². The highest BCUT2D eigenvalue weighted by Crippen LogP contribution is 2.35. The Labute approximate surface area is 324 Å². The molecule has 0 unspecified atom stereocenters. The second-order valence-corrected chi connectivity index (χ2v) is 16.9. The number of fused-ring (bicyclic) bond motifs is 1. The van der Waals surface area contributed by atoms with E-state index < -0.39 is 22.7 Å². The number of halogens is 2. The summed E-state index contributed by atoms with van der Waals surface area (Å²) < 4.78 is 60.1. The van der Waals surface area contributed by atoms with Gasteiger partial charge in [-0.1, -0.05) is 12.1 Å². The lowest BCUT2D eigenvalue weighted by Gasteiger charge is -2.37. The molecule has 4 aliphatic heterocycles. The molecule has 298 valence electrons. The van der Waals surface area contributed by atoms with Gasteiger partial charge >= 0.3 is 12.6 Å². The van der Waals surface area contributed by atoms with Crippen LogP contribution in [0.25, 0.3) is 10.9 Å².